The highest BCUT2D eigenvalue weighted by Crippen LogP contribution is 2.34. The number of thiazole rings is 1. The van der Waals surface area contributed by atoms with Crippen LogP contribution in [0.1, 0.15) is 11.1 Å². The lowest BCUT2D eigenvalue weighted by Gasteiger charge is -2.20. The average molecular weight is 433 g/mol. The molecular weight excluding hydrogens is 412 g/mol. The van der Waals surface area contributed by atoms with Gasteiger partial charge in [0.25, 0.3) is 0 Å². The summed E-state index contributed by atoms with van der Waals surface area (Å²) >= 11 is 1.50. The number of amides is 1. The van der Waals surface area contributed by atoms with E-state index in [0.717, 1.165) is 27.1 Å². The van der Waals surface area contributed by atoms with Crippen LogP contribution in [0.25, 0.3) is 10.2 Å². The summed E-state index contributed by atoms with van der Waals surface area (Å²) in [6, 6.07) is 21.3. The molecule has 3 aromatic carbocycles. The molecule has 0 spiro atoms. The van der Waals surface area contributed by atoms with Crippen LogP contribution < -0.4 is 19.1 Å². The minimum atomic E-state index is -0.0336. The smallest absolute Gasteiger partial charge is 0.233 e. The number of nitrogens with zero attached hydrogens (tertiary/aromatic N) is 2. The summed E-state index contributed by atoms with van der Waals surface area (Å²) in [6.45, 7) is 0.656. The molecule has 1 aliphatic heterocycles. The summed E-state index contributed by atoms with van der Waals surface area (Å²) in [5.74, 6) is 2.09. The number of rotatable bonds is 6. The van der Waals surface area contributed by atoms with Crippen molar-refractivity contribution < 1.29 is 19.0 Å². The highest BCUT2D eigenvalue weighted by molar-refractivity contribution is 7.22. The Kier molecular flexibility index (Phi) is 5.18. The Morgan fingerprint density at radius 2 is 1.87 bits per heavy atom. The number of ether oxygens (including phenoxy) is 3. The van der Waals surface area contributed by atoms with Gasteiger partial charge in [0.15, 0.2) is 16.6 Å². The van der Waals surface area contributed by atoms with Gasteiger partial charge in [-0.3, -0.25) is 9.69 Å². The van der Waals surface area contributed by atoms with Crippen LogP contribution in [-0.4, -0.2) is 24.8 Å². The van der Waals surface area contributed by atoms with Gasteiger partial charge in [-0.15, -0.1) is 0 Å². The summed E-state index contributed by atoms with van der Waals surface area (Å²) in [7, 11) is 1.63. The van der Waals surface area contributed by atoms with E-state index in [9.17, 15) is 4.79 Å². The molecule has 1 aromatic heterocycles. The zero-order valence-corrected chi connectivity index (χ0v) is 17.7. The third kappa shape index (κ3) is 4.04. The van der Waals surface area contributed by atoms with Gasteiger partial charge < -0.3 is 14.2 Å². The summed E-state index contributed by atoms with van der Waals surface area (Å²) in [4.78, 5) is 19.9. The number of carbonyl (C=O) groups is 1. The minimum Gasteiger partial charge on any atom is -0.497 e. The van der Waals surface area contributed by atoms with Crippen LogP contribution in [0.15, 0.2) is 66.7 Å². The molecule has 5 rings (SSSR count). The molecule has 0 saturated carbocycles. The van der Waals surface area contributed by atoms with Crippen LogP contribution in [-0.2, 0) is 17.8 Å². The molecule has 0 radical (unpaired) electrons. The predicted molar refractivity (Wildman–Crippen MR) is 120 cm³/mol. The van der Waals surface area contributed by atoms with Crippen molar-refractivity contribution in [2.75, 3.05) is 18.8 Å². The maximum atomic E-state index is 13.4. The Morgan fingerprint density at radius 1 is 1.03 bits per heavy atom. The van der Waals surface area contributed by atoms with E-state index in [-0.39, 0.29) is 19.1 Å². The number of aromatic nitrogens is 1. The fourth-order valence-electron chi connectivity index (χ4n) is 3.49. The lowest BCUT2D eigenvalue weighted by atomic mass is 10.1. The van der Waals surface area contributed by atoms with Crippen LogP contribution in [0.4, 0.5) is 5.13 Å². The van der Waals surface area contributed by atoms with Gasteiger partial charge in [0, 0.05) is 6.07 Å². The first-order valence-corrected chi connectivity index (χ1v) is 10.7. The van der Waals surface area contributed by atoms with Crippen LogP contribution in [0.5, 0.6) is 17.2 Å². The maximum absolute atomic E-state index is 13.4. The first-order valence-electron chi connectivity index (χ1n) is 9.87. The maximum Gasteiger partial charge on any atom is 0.233 e. The van der Waals surface area contributed by atoms with Gasteiger partial charge in [0.05, 0.1) is 30.3 Å². The number of carbonyl (C=O) groups excluding carboxylic acids is 1. The second-order valence-electron chi connectivity index (χ2n) is 7.16. The van der Waals surface area contributed by atoms with Crippen molar-refractivity contribution in [1.82, 2.24) is 4.98 Å². The van der Waals surface area contributed by atoms with E-state index in [2.05, 4.69) is 0 Å². The SMILES string of the molecule is COc1ccc2sc(N(Cc3ccccc3)C(=O)Cc3ccc4c(c3)OCO4)nc2c1. The minimum absolute atomic E-state index is 0.0336. The molecule has 0 aliphatic carbocycles. The molecular formula is C24H20N2O4S. The predicted octanol–water partition coefficient (Wildman–Crippen LogP) is 4.81. The number of hydrogen-bond acceptors (Lipinski definition) is 6. The van der Waals surface area contributed by atoms with Crippen molar-refractivity contribution in [3.05, 3.63) is 77.9 Å². The van der Waals surface area contributed by atoms with Gasteiger partial charge in [0.2, 0.25) is 12.7 Å². The summed E-state index contributed by atoms with van der Waals surface area (Å²) < 4.78 is 17.1. The van der Waals surface area contributed by atoms with E-state index >= 15 is 0 Å². The standard InChI is InChI=1S/C24H20N2O4S/c1-28-18-8-10-22-19(13-18)25-24(31-22)26(14-16-5-3-2-4-6-16)23(27)12-17-7-9-20-21(11-17)30-15-29-20/h2-11,13H,12,14-15H2,1H3. The fraction of sp³-hybridized carbons (Fsp3) is 0.167. The van der Waals surface area contributed by atoms with Crippen LogP contribution >= 0.6 is 11.3 Å². The number of methoxy groups -OCH3 is 1. The molecule has 0 fully saturated rings. The monoisotopic (exact) mass is 432 g/mol. The van der Waals surface area contributed by atoms with Crippen molar-refractivity contribution in [2.24, 2.45) is 0 Å². The highest BCUT2D eigenvalue weighted by Gasteiger charge is 2.22. The summed E-state index contributed by atoms with van der Waals surface area (Å²) in [5.41, 5.74) is 2.72. The average Bonchev–Trinajstić information content (AvgIpc) is 3.43. The van der Waals surface area contributed by atoms with Gasteiger partial charge in [0.1, 0.15) is 5.75 Å². The quantitative estimate of drug-likeness (QED) is 0.438. The Hall–Kier alpha value is -3.58. The third-order valence-electron chi connectivity index (χ3n) is 5.09. The lowest BCUT2D eigenvalue weighted by molar-refractivity contribution is -0.118. The molecule has 31 heavy (non-hydrogen) atoms. The first kappa shape index (κ1) is 19.4. The topological polar surface area (TPSA) is 60.9 Å². The van der Waals surface area contributed by atoms with Crippen molar-refractivity contribution in [1.29, 1.82) is 0 Å². The second kappa shape index (κ2) is 8.28. The molecule has 0 saturated heterocycles. The molecule has 156 valence electrons. The molecule has 6 nitrogen and oxygen atoms in total. The van der Waals surface area contributed by atoms with Gasteiger partial charge in [-0.25, -0.2) is 4.98 Å². The molecule has 1 amide bonds. The molecule has 4 aromatic rings. The Balaban J connectivity index is 1.47. The van der Waals surface area contributed by atoms with Crippen molar-refractivity contribution in [3.63, 3.8) is 0 Å². The van der Waals surface area contributed by atoms with Crippen LogP contribution in [0.2, 0.25) is 0 Å². The zero-order valence-electron chi connectivity index (χ0n) is 16.9. The van der Waals surface area contributed by atoms with Crippen molar-refractivity contribution in [2.45, 2.75) is 13.0 Å². The first-order chi connectivity index (χ1) is 15.2. The van der Waals surface area contributed by atoms with Gasteiger partial charge in [-0.05, 0) is 35.4 Å². The van der Waals surface area contributed by atoms with Gasteiger partial charge in [-0.1, -0.05) is 47.7 Å². The van der Waals surface area contributed by atoms with E-state index in [0.29, 0.717) is 23.2 Å². The number of benzene rings is 3. The van der Waals surface area contributed by atoms with Crippen LogP contribution in [0, 0.1) is 0 Å². The molecule has 0 atom stereocenters. The second-order valence-corrected chi connectivity index (χ2v) is 8.17. The van der Waals surface area contributed by atoms with Crippen molar-refractivity contribution in [3.8, 4) is 17.2 Å². The largest absolute Gasteiger partial charge is 0.497 e. The van der Waals surface area contributed by atoms with Gasteiger partial charge >= 0.3 is 0 Å². The van der Waals surface area contributed by atoms with E-state index in [1.165, 1.54) is 11.3 Å². The third-order valence-corrected chi connectivity index (χ3v) is 6.15. The molecule has 0 unspecified atom stereocenters. The Bertz CT molecular complexity index is 1240. The number of anilines is 1. The molecule has 2 heterocycles. The molecule has 0 N–H and O–H groups in total. The zero-order chi connectivity index (χ0) is 21.2. The van der Waals surface area contributed by atoms with E-state index in [1.807, 2.05) is 66.7 Å². The summed E-state index contributed by atoms with van der Waals surface area (Å²) in [6.07, 6.45) is 0.239. The molecule has 7 heteroatoms. The molecule has 0 bridgehead atoms. The van der Waals surface area contributed by atoms with E-state index in [4.69, 9.17) is 19.2 Å². The normalized spacial score (nSPS) is 12.2. The van der Waals surface area contributed by atoms with E-state index < -0.39 is 0 Å². The van der Waals surface area contributed by atoms with Crippen molar-refractivity contribution >= 4 is 32.6 Å². The van der Waals surface area contributed by atoms with E-state index in [1.54, 1.807) is 12.0 Å². The lowest BCUT2D eigenvalue weighted by Crippen LogP contribution is -2.31. The Morgan fingerprint density at radius 3 is 2.71 bits per heavy atom. The molecule has 1 aliphatic rings. The Labute approximate surface area is 183 Å². The van der Waals surface area contributed by atoms with Gasteiger partial charge in [-0.2, -0.15) is 0 Å². The summed E-state index contributed by atoms with van der Waals surface area (Å²) in [5, 5.41) is 0.665. The fourth-order valence-corrected chi connectivity index (χ4v) is 4.45. The number of hydrogen-bond donors (Lipinski definition) is 0. The highest BCUT2D eigenvalue weighted by atomic mass is 32.1. The number of fused-ring (bicyclic) bond motifs is 2. The van der Waals surface area contributed by atoms with Crippen LogP contribution in [0.3, 0.4) is 0 Å².